The van der Waals surface area contributed by atoms with Gasteiger partial charge in [0, 0.05) is 37.9 Å². The number of amides is 1. The first-order valence-electron chi connectivity index (χ1n) is 11.3. The van der Waals surface area contributed by atoms with Gasteiger partial charge >= 0.3 is 5.97 Å². The summed E-state index contributed by atoms with van der Waals surface area (Å²) in [6, 6.07) is 10.7. The van der Waals surface area contributed by atoms with Gasteiger partial charge in [-0.1, -0.05) is 22.9 Å². The van der Waals surface area contributed by atoms with Gasteiger partial charge in [0.25, 0.3) is 5.91 Å². The van der Waals surface area contributed by atoms with E-state index < -0.39 is 21.9 Å². The summed E-state index contributed by atoms with van der Waals surface area (Å²) in [5.41, 5.74) is 0.875. The van der Waals surface area contributed by atoms with E-state index in [0.29, 0.717) is 10.5 Å². The number of thiazole rings is 1. The van der Waals surface area contributed by atoms with Crippen molar-refractivity contribution < 1.29 is 32.2 Å². The third-order valence-electron chi connectivity index (χ3n) is 5.26. The molecule has 3 aromatic rings. The fourth-order valence-corrected chi connectivity index (χ4v) is 6.14. The molecular weight excluding hydrogens is 542 g/mol. The number of carbonyl (C=O) groups excluding carboxylic acids is 2. The Kier molecular flexibility index (Phi) is 10.4. The summed E-state index contributed by atoms with van der Waals surface area (Å²) in [6.45, 7) is 2.58. The number of ether oxygens (including phenoxy) is 3. The molecule has 0 unspecified atom stereocenters. The summed E-state index contributed by atoms with van der Waals surface area (Å²) in [6.07, 6.45) is 0. The number of carbonyl (C=O) groups is 2. The maximum atomic E-state index is 13.1. The Bertz CT molecular complexity index is 1410. The molecule has 3 rings (SSSR count). The number of rotatable bonds is 12. The highest BCUT2D eigenvalue weighted by Gasteiger charge is 2.24. The molecule has 0 spiro atoms. The quantitative estimate of drug-likeness (QED) is 0.308. The van der Waals surface area contributed by atoms with Gasteiger partial charge in [-0.15, -0.1) is 0 Å². The Morgan fingerprint density at radius 1 is 1.05 bits per heavy atom. The van der Waals surface area contributed by atoms with Gasteiger partial charge in [0.1, 0.15) is 6.54 Å². The molecule has 0 N–H and O–H groups in total. The highest BCUT2D eigenvalue weighted by Crippen LogP contribution is 2.22. The van der Waals surface area contributed by atoms with Crippen molar-refractivity contribution in [3.63, 3.8) is 0 Å². The highest BCUT2D eigenvalue weighted by atomic mass is 35.5. The average Bonchev–Trinajstić information content (AvgIpc) is 3.19. The van der Waals surface area contributed by atoms with Gasteiger partial charge in [0.2, 0.25) is 10.0 Å². The van der Waals surface area contributed by atoms with Crippen LogP contribution in [-0.2, 0) is 35.6 Å². The molecule has 0 saturated carbocycles. The molecule has 1 amide bonds. The lowest BCUT2D eigenvalue weighted by Crippen LogP contribution is -2.36. The molecule has 0 radical (unpaired) electrons. The first-order chi connectivity index (χ1) is 17.7. The van der Waals surface area contributed by atoms with Gasteiger partial charge in [-0.25, -0.2) is 8.42 Å². The van der Waals surface area contributed by atoms with Crippen LogP contribution in [0.25, 0.3) is 10.2 Å². The first-order valence-corrected chi connectivity index (χ1v) is 14.0. The molecule has 0 saturated heterocycles. The van der Waals surface area contributed by atoms with Crippen molar-refractivity contribution in [2.75, 3.05) is 47.1 Å². The molecule has 13 heteroatoms. The van der Waals surface area contributed by atoms with Crippen molar-refractivity contribution in [1.82, 2.24) is 8.87 Å². The summed E-state index contributed by atoms with van der Waals surface area (Å²) in [4.78, 5) is 29.7. The van der Waals surface area contributed by atoms with Crippen molar-refractivity contribution in [1.29, 1.82) is 0 Å². The molecule has 0 atom stereocenters. The predicted octanol–water partition coefficient (Wildman–Crippen LogP) is 2.94. The number of hydrogen-bond acceptors (Lipinski definition) is 8. The fourth-order valence-electron chi connectivity index (χ4n) is 3.43. The summed E-state index contributed by atoms with van der Waals surface area (Å²) < 4.78 is 44.9. The Hall–Kier alpha value is -2.61. The molecule has 0 aliphatic rings. The Labute approximate surface area is 224 Å². The van der Waals surface area contributed by atoms with E-state index in [0.717, 1.165) is 4.70 Å². The largest absolute Gasteiger partial charge is 0.465 e. The minimum absolute atomic E-state index is 0.0325. The Morgan fingerprint density at radius 2 is 1.70 bits per heavy atom. The van der Waals surface area contributed by atoms with Crippen LogP contribution in [0.4, 0.5) is 0 Å². The van der Waals surface area contributed by atoms with Gasteiger partial charge in [-0.05, 0) is 49.4 Å². The van der Waals surface area contributed by atoms with E-state index in [9.17, 15) is 18.0 Å². The van der Waals surface area contributed by atoms with Crippen LogP contribution >= 0.6 is 22.9 Å². The normalized spacial score (nSPS) is 12.4. The zero-order chi connectivity index (χ0) is 27.0. The maximum absolute atomic E-state index is 13.1. The molecule has 200 valence electrons. The van der Waals surface area contributed by atoms with Crippen molar-refractivity contribution in [3.8, 4) is 0 Å². The second kappa shape index (κ2) is 13.3. The van der Waals surface area contributed by atoms with Crippen LogP contribution in [0.15, 0.2) is 52.4 Å². The highest BCUT2D eigenvalue weighted by molar-refractivity contribution is 7.89. The number of aromatic nitrogens is 1. The smallest absolute Gasteiger partial charge is 0.326 e. The number of esters is 1. The Balaban J connectivity index is 1.93. The van der Waals surface area contributed by atoms with Crippen molar-refractivity contribution in [2.24, 2.45) is 4.99 Å². The first kappa shape index (κ1) is 29.0. The van der Waals surface area contributed by atoms with Crippen LogP contribution in [0.5, 0.6) is 0 Å². The standard InChI is InChI=1S/C24H28ClN3O7S2/c1-4-35-22(29)16-28-20-10-7-18(25)15-21(20)36-24(28)26-23(30)17-5-8-19(9-6-17)37(31,32)27(11-13-33-2)12-14-34-3/h5-10,15H,4,11-14,16H2,1-3H3. The minimum atomic E-state index is -3.83. The molecule has 10 nitrogen and oxygen atoms in total. The van der Waals surface area contributed by atoms with Crippen LogP contribution in [0.2, 0.25) is 5.02 Å². The van der Waals surface area contributed by atoms with Gasteiger partial charge in [-0.3, -0.25) is 9.59 Å². The van der Waals surface area contributed by atoms with Gasteiger partial charge in [0.05, 0.1) is 34.9 Å². The summed E-state index contributed by atoms with van der Waals surface area (Å²) in [5.74, 6) is -1.05. The fraction of sp³-hybridized carbons (Fsp3) is 0.375. The number of methoxy groups -OCH3 is 2. The molecule has 0 aliphatic heterocycles. The topological polar surface area (TPSA) is 117 Å². The van der Waals surface area contributed by atoms with E-state index in [-0.39, 0.29) is 54.7 Å². The van der Waals surface area contributed by atoms with E-state index in [1.165, 1.54) is 54.1 Å². The lowest BCUT2D eigenvalue weighted by molar-refractivity contribution is -0.143. The van der Waals surface area contributed by atoms with Gasteiger partial charge < -0.3 is 18.8 Å². The number of fused-ring (bicyclic) bond motifs is 1. The SMILES string of the molecule is CCOC(=O)Cn1c(=NC(=O)c2ccc(S(=O)(=O)N(CCOC)CCOC)cc2)sc2cc(Cl)ccc21. The zero-order valence-corrected chi connectivity index (χ0v) is 23.1. The Morgan fingerprint density at radius 3 is 2.30 bits per heavy atom. The van der Waals surface area contributed by atoms with Crippen LogP contribution in [-0.4, -0.2) is 76.3 Å². The molecule has 0 bridgehead atoms. The van der Waals surface area contributed by atoms with E-state index >= 15 is 0 Å². The third kappa shape index (κ3) is 7.24. The zero-order valence-electron chi connectivity index (χ0n) is 20.7. The van der Waals surface area contributed by atoms with E-state index in [1.807, 2.05) is 0 Å². The maximum Gasteiger partial charge on any atom is 0.326 e. The molecular formula is C24H28ClN3O7S2. The summed E-state index contributed by atoms with van der Waals surface area (Å²) in [7, 11) is -0.843. The number of hydrogen-bond donors (Lipinski definition) is 0. The molecule has 0 fully saturated rings. The third-order valence-corrected chi connectivity index (χ3v) is 8.45. The van der Waals surface area contributed by atoms with Crippen LogP contribution < -0.4 is 4.80 Å². The molecule has 1 aromatic heterocycles. The summed E-state index contributed by atoms with van der Waals surface area (Å²) in [5, 5.41) is 0.511. The van der Waals surface area contributed by atoms with Crippen molar-refractivity contribution in [2.45, 2.75) is 18.4 Å². The second-order valence-corrected chi connectivity index (χ2v) is 11.1. The van der Waals surface area contributed by atoms with Gasteiger partial charge in [0.15, 0.2) is 4.80 Å². The average molecular weight is 570 g/mol. The van der Waals surface area contributed by atoms with Crippen LogP contribution in [0.3, 0.4) is 0 Å². The number of benzene rings is 2. The van der Waals surface area contributed by atoms with E-state index in [2.05, 4.69) is 4.99 Å². The van der Waals surface area contributed by atoms with Crippen LogP contribution in [0.1, 0.15) is 17.3 Å². The van der Waals surface area contributed by atoms with E-state index in [1.54, 1.807) is 29.7 Å². The van der Waals surface area contributed by atoms with Crippen molar-refractivity contribution >= 4 is 55.1 Å². The predicted molar refractivity (Wildman–Crippen MR) is 140 cm³/mol. The lowest BCUT2D eigenvalue weighted by atomic mass is 10.2. The molecule has 2 aromatic carbocycles. The summed E-state index contributed by atoms with van der Waals surface area (Å²) >= 11 is 7.31. The number of sulfonamides is 1. The van der Waals surface area contributed by atoms with E-state index in [4.69, 9.17) is 25.8 Å². The van der Waals surface area contributed by atoms with Crippen molar-refractivity contribution in [3.05, 3.63) is 57.9 Å². The molecule has 37 heavy (non-hydrogen) atoms. The second-order valence-electron chi connectivity index (χ2n) is 7.72. The number of nitrogens with zero attached hydrogens (tertiary/aromatic N) is 3. The lowest BCUT2D eigenvalue weighted by Gasteiger charge is -2.21. The minimum Gasteiger partial charge on any atom is -0.465 e. The molecule has 0 aliphatic carbocycles. The monoisotopic (exact) mass is 569 g/mol. The number of halogens is 1. The van der Waals surface area contributed by atoms with Gasteiger partial charge in [-0.2, -0.15) is 9.30 Å². The molecule has 1 heterocycles. The van der Waals surface area contributed by atoms with Crippen LogP contribution in [0, 0.1) is 0 Å².